The second kappa shape index (κ2) is 9.12. The van der Waals surface area contributed by atoms with Crippen LogP contribution in [-0.2, 0) is 14.3 Å². The minimum atomic E-state index is -0.730. The second-order valence-corrected chi connectivity index (χ2v) is 5.53. The van der Waals surface area contributed by atoms with E-state index in [0.717, 1.165) is 13.2 Å². The SMILES string of the molecule is COC(=O)c1ccc(OCC(=O)Nc2cccc(NC(C)=O)c2)c([N+](=O)[O-])c1. The number of carbonyl (C=O) groups excluding carboxylic acids is 3. The molecule has 0 radical (unpaired) electrons. The standard InChI is InChI=1S/C18H17N3O7/c1-11(22)19-13-4-3-5-14(9-13)20-17(23)10-28-16-7-6-12(18(24)27-2)8-15(16)21(25)26/h3-9H,10H2,1-2H3,(H,19,22)(H,20,23). The quantitative estimate of drug-likeness (QED) is 0.423. The van der Waals surface area contributed by atoms with Crippen LogP contribution in [0.2, 0.25) is 0 Å². The molecule has 10 heteroatoms. The number of carbonyl (C=O) groups is 3. The molecule has 2 amide bonds. The zero-order valence-corrected chi connectivity index (χ0v) is 15.1. The van der Waals surface area contributed by atoms with Crippen LogP contribution in [0.15, 0.2) is 42.5 Å². The summed E-state index contributed by atoms with van der Waals surface area (Å²) in [7, 11) is 1.16. The maximum Gasteiger partial charge on any atom is 0.338 e. The van der Waals surface area contributed by atoms with Gasteiger partial charge in [0, 0.05) is 24.4 Å². The van der Waals surface area contributed by atoms with Gasteiger partial charge in [-0.25, -0.2) is 4.79 Å². The van der Waals surface area contributed by atoms with Gasteiger partial charge in [0.05, 0.1) is 17.6 Å². The van der Waals surface area contributed by atoms with Crippen LogP contribution < -0.4 is 15.4 Å². The molecule has 2 aromatic carbocycles. The molecule has 0 unspecified atom stereocenters. The van der Waals surface area contributed by atoms with Crippen LogP contribution in [0.1, 0.15) is 17.3 Å². The number of nitro groups is 1. The fourth-order valence-electron chi connectivity index (χ4n) is 2.25. The Balaban J connectivity index is 2.05. The van der Waals surface area contributed by atoms with Gasteiger partial charge in [0.25, 0.3) is 5.91 Å². The normalized spacial score (nSPS) is 9.93. The summed E-state index contributed by atoms with van der Waals surface area (Å²) in [5.41, 5.74) is 0.430. The van der Waals surface area contributed by atoms with E-state index in [0.29, 0.717) is 11.4 Å². The van der Waals surface area contributed by atoms with E-state index in [1.807, 2.05) is 0 Å². The zero-order chi connectivity index (χ0) is 20.7. The summed E-state index contributed by atoms with van der Waals surface area (Å²) in [4.78, 5) is 45.1. The van der Waals surface area contributed by atoms with Crippen molar-refractivity contribution in [2.24, 2.45) is 0 Å². The molecule has 2 rings (SSSR count). The number of hydrogen-bond donors (Lipinski definition) is 2. The van der Waals surface area contributed by atoms with Gasteiger partial charge in [-0.2, -0.15) is 0 Å². The fourth-order valence-corrected chi connectivity index (χ4v) is 2.25. The predicted octanol–water partition coefficient (Wildman–Crippen LogP) is 2.36. The molecule has 0 fully saturated rings. The molecule has 0 saturated carbocycles. The lowest BCUT2D eigenvalue weighted by atomic mass is 10.2. The van der Waals surface area contributed by atoms with E-state index in [1.54, 1.807) is 24.3 Å². The van der Waals surface area contributed by atoms with Gasteiger partial charge in [0.15, 0.2) is 12.4 Å². The highest BCUT2D eigenvalue weighted by molar-refractivity contribution is 5.94. The number of esters is 1. The van der Waals surface area contributed by atoms with Crippen molar-refractivity contribution in [3.8, 4) is 5.75 Å². The Bertz CT molecular complexity index is 927. The topological polar surface area (TPSA) is 137 Å². The van der Waals surface area contributed by atoms with Crippen LogP contribution in [0.3, 0.4) is 0 Å². The first kappa shape index (κ1) is 20.4. The lowest BCUT2D eigenvalue weighted by Gasteiger charge is -2.10. The number of ether oxygens (including phenoxy) is 2. The Hall–Kier alpha value is -3.95. The van der Waals surface area contributed by atoms with Crippen molar-refractivity contribution in [3.63, 3.8) is 0 Å². The van der Waals surface area contributed by atoms with Crippen molar-refractivity contribution < 1.29 is 28.8 Å². The molecule has 10 nitrogen and oxygen atoms in total. The van der Waals surface area contributed by atoms with Crippen LogP contribution in [0.25, 0.3) is 0 Å². The van der Waals surface area contributed by atoms with E-state index in [4.69, 9.17) is 4.74 Å². The molecular formula is C18H17N3O7. The lowest BCUT2D eigenvalue weighted by molar-refractivity contribution is -0.385. The highest BCUT2D eigenvalue weighted by atomic mass is 16.6. The van der Waals surface area contributed by atoms with Crippen molar-refractivity contribution in [2.75, 3.05) is 24.4 Å². The van der Waals surface area contributed by atoms with E-state index >= 15 is 0 Å². The summed E-state index contributed by atoms with van der Waals surface area (Å²) in [5.74, 6) is -1.72. The van der Waals surface area contributed by atoms with Crippen LogP contribution in [0.5, 0.6) is 5.75 Å². The number of benzene rings is 2. The molecule has 0 aliphatic heterocycles. The van der Waals surface area contributed by atoms with Gasteiger partial charge in [-0.05, 0) is 30.3 Å². The lowest BCUT2D eigenvalue weighted by Crippen LogP contribution is -2.20. The summed E-state index contributed by atoms with van der Waals surface area (Å²) in [6.07, 6.45) is 0. The summed E-state index contributed by atoms with van der Waals surface area (Å²) in [6.45, 7) is 0.861. The van der Waals surface area contributed by atoms with Crippen LogP contribution in [0, 0.1) is 10.1 Å². The number of nitrogens with zero attached hydrogens (tertiary/aromatic N) is 1. The molecule has 0 heterocycles. The van der Waals surface area contributed by atoms with E-state index < -0.39 is 29.1 Å². The molecule has 0 atom stereocenters. The van der Waals surface area contributed by atoms with Gasteiger partial charge in [0.2, 0.25) is 5.91 Å². The number of anilines is 2. The molecular weight excluding hydrogens is 370 g/mol. The third kappa shape index (κ3) is 5.53. The average molecular weight is 387 g/mol. The Morgan fingerprint density at radius 3 is 2.36 bits per heavy atom. The molecule has 146 valence electrons. The minimum Gasteiger partial charge on any atom is -0.477 e. The van der Waals surface area contributed by atoms with Gasteiger partial charge >= 0.3 is 11.7 Å². The maximum absolute atomic E-state index is 12.1. The number of amides is 2. The van der Waals surface area contributed by atoms with Crippen LogP contribution in [0.4, 0.5) is 17.1 Å². The molecule has 0 spiro atoms. The molecule has 28 heavy (non-hydrogen) atoms. The number of nitro benzene ring substituents is 1. The molecule has 0 aliphatic rings. The van der Waals surface area contributed by atoms with Crippen molar-refractivity contribution >= 4 is 34.8 Å². The number of rotatable bonds is 7. The van der Waals surface area contributed by atoms with Crippen molar-refractivity contribution in [1.82, 2.24) is 0 Å². The van der Waals surface area contributed by atoms with E-state index in [2.05, 4.69) is 15.4 Å². The molecule has 2 N–H and O–H groups in total. The number of hydrogen-bond acceptors (Lipinski definition) is 7. The summed E-state index contributed by atoms with van der Waals surface area (Å²) >= 11 is 0. The second-order valence-electron chi connectivity index (χ2n) is 5.53. The average Bonchev–Trinajstić information content (AvgIpc) is 2.65. The number of nitrogens with one attached hydrogen (secondary N) is 2. The van der Waals surface area contributed by atoms with Gasteiger partial charge in [-0.1, -0.05) is 6.07 Å². The maximum atomic E-state index is 12.1. The van der Waals surface area contributed by atoms with Crippen molar-refractivity contribution in [2.45, 2.75) is 6.92 Å². The summed E-state index contributed by atoms with van der Waals surface area (Å²) < 4.78 is 9.74. The minimum absolute atomic E-state index is 0.0132. The predicted molar refractivity (Wildman–Crippen MR) is 99.3 cm³/mol. The van der Waals surface area contributed by atoms with Gasteiger partial charge < -0.3 is 20.1 Å². The summed E-state index contributed by atoms with van der Waals surface area (Å²) in [5, 5.41) is 16.3. The first-order valence-electron chi connectivity index (χ1n) is 7.97. The van der Waals surface area contributed by atoms with E-state index in [1.165, 1.54) is 19.1 Å². The highest BCUT2D eigenvalue weighted by Crippen LogP contribution is 2.28. The van der Waals surface area contributed by atoms with Gasteiger partial charge in [-0.15, -0.1) is 0 Å². The van der Waals surface area contributed by atoms with Gasteiger partial charge in [-0.3, -0.25) is 19.7 Å². The Morgan fingerprint density at radius 2 is 1.75 bits per heavy atom. The summed E-state index contributed by atoms with van der Waals surface area (Å²) in [6, 6.07) is 9.97. The van der Waals surface area contributed by atoms with Crippen LogP contribution >= 0.6 is 0 Å². The monoisotopic (exact) mass is 387 g/mol. The zero-order valence-electron chi connectivity index (χ0n) is 15.1. The first-order chi connectivity index (χ1) is 13.3. The van der Waals surface area contributed by atoms with Gasteiger partial charge in [0.1, 0.15) is 0 Å². The Labute approximate surface area is 159 Å². The largest absolute Gasteiger partial charge is 0.477 e. The van der Waals surface area contributed by atoms with Crippen LogP contribution in [-0.4, -0.2) is 36.4 Å². The van der Waals surface area contributed by atoms with Crippen molar-refractivity contribution in [3.05, 3.63) is 58.1 Å². The highest BCUT2D eigenvalue weighted by Gasteiger charge is 2.20. The molecule has 0 bridgehead atoms. The molecule has 0 aliphatic carbocycles. The third-order valence-corrected chi connectivity index (χ3v) is 3.40. The smallest absolute Gasteiger partial charge is 0.338 e. The number of methoxy groups -OCH3 is 1. The molecule has 2 aromatic rings. The Morgan fingerprint density at radius 1 is 1.07 bits per heavy atom. The Kier molecular flexibility index (Phi) is 6.63. The molecule has 0 aromatic heterocycles. The van der Waals surface area contributed by atoms with E-state index in [9.17, 15) is 24.5 Å². The molecule has 0 saturated heterocycles. The fraction of sp³-hybridized carbons (Fsp3) is 0.167. The van der Waals surface area contributed by atoms with E-state index in [-0.39, 0.29) is 17.2 Å². The van der Waals surface area contributed by atoms with Crippen molar-refractivity contribution in [1.29, 1.82) is 0 Å². The third-order valence-electron chi connectivity index (χ3n) is 3.40. The first-order valence-corrected chi connectivity index (χ1v) is 7.97.